The summed E-state index contributed by atoms with van der Waals surface area (Å²) in [6.07, 6.45) is 7.29. The number of hydrogen-bond donors (Lipinski definition) is 1. The number of nitrogens with zero attached hydrogens (tertiary/aromatic N) is 1. The van der Waals surface area contributed by atoms with Gasteiger partial charge in [0, 0.05) is 12.6 Å². The van der Waals surface area contributed by atoms with Gasteiger partial charge in [-0.15, -0.1) is 0 Å². The van der Waals surface area contributed by atoms with Crippen LogP contribution in [-0.4, -0.2) is 55.5 Å². The van der Waals surface area contributed by atoms with Crippen molar-refractivity contribution in [2.24, 2.45) is 11.3 Å². The third-order valence-electron chi connectivity index (χ3n) is 6.03. The zero-order valence-corrected chi connectivity index (χ0v) is 17.2. The Kier molecular flexibility index (Phi) is 7.72. The quantitative estimate of drug-likeness (QED) is 0.807. The van der Waals surface area contributed by atoms with Crippen LogP contribution in [0.2, 0.25) is 0 Å². The molecule has 2 heterocycles. The van der Waals surface area contributed by atoms with Gasteiger partial charge in [0.1, 0.15) is 5.67 Å². The molecule has 2 bridgehead atoms. The molecule has 4 fully saturated rings. The number of ether oxygens (including phenoxy) is 1. The minimum Gasteiger partial charge on any atom is -0.375 e. The Hall–Kier alpha value is -0.190. The number of alkyl halides is 1. The minimum absolute atomic E-state index is 0.434. The molecule has 1 N–H and O–H groups in total. The molecule has 0 amide bonds. The van der Waals surface area contributed by atoms with Crippen molar-refractivity contribution >= 4 is 0 Å². The standard InChI is InChI=1S/C11H20FN.C7H13NO.C3H8/c1-3-13-6-9-4-11(5-9)7-10(2,12)8-11;1-2-8-4-7-3-6(8)5-9-7;1-3-2/h9,13H,3-8H2,1-2H3;6-7H,2-5H2,1H3;3H2,1-2H3. The summed E-state index contributed by atoms with van der Waals surface area (Å²) < 4.78 is 18.7. The summed E-state index contributed by atoms with van der Waals surface area (Å²) in [5, 5.41) is 3.36. The van der Waals surface area contributed by atoms with Crippen molar-refractivity contribution in [2.75, 3.05) is 32.8 Å². The average molecular weight is 357 g/mol. The number of halogens is 1. The van der Waals surface area contributed by atoms with E-state index in [4.69, 9.17) is 4.74 Å². The predicted octanol–water partition coefficient (Wildman–Crippen LogP) is 4.41. The Labute approximate surface area is 155 Å². The van der Waals surface area contributed by atoms with Crippen LogP contribution in [0.15, 0.2) is 0 Å². The minimum atomic E-state index is -0.830. The zero-order chi connectivity index (χ0) is 18.5. The molecular formula is C21H41FN2O. The molecule has 1 spiro atoms. The van der Waals surface area contributed by atoms with Gasteiger partial charge in [-0.2, -0.15) is 0 Å². The lowest BCUT2D eigenvalue weighted by Crippen LogP contribution is -2.55. The van der Waals surface area contributed by atoms with E-state index in [0.717, 1.165) is 44.5 Å². The molecule has 2 aliphatic heterocycles. The fourth-order valence-corrected chi connectivity index (χ4v) is 5.32. The van der Waals surface area contributed by atoms with Gasteiger partial charge in [0.05, 0.1) is 12.7 Å². The molecule has 2 atom stereocenters. The summed E-state index contributed by atoms with van der Waals surface area (Å²) in [7, 11) is 0. The Balaban J connectivity index is 0.000000163. The highest BCUT2D eigenvalue weighted by molar-refractivity contribution is 5.09. The van der Waals surface area contributed by atoms with Crippen LogP contribution in [-0.2, 0) is 4.74 Å². The second-order valence-electron chi connectivity index (χ2n) is 8.99. The first-order valence-corrected chi connectivity index (χ1v) is 10.6. The van der Waals surface area contributed by atoms with Gasteiger partial charge in [-0.05, 0) is 70.0 Å². The van der Waals surface area contributed by atoms with Crippen molar-refractivity contribution in [1.29, 1.82) is 0 Å². The zero-order valence-electron chi connectivity index (χ0n) is 17.2. The van der Waals surface area contributed by atoms with E-state index >= 15 is 0 Å². The van der Waals surface area contributed by atoms with Crippen LogP contribution in [0.5, 0.6) is 0 Å². The molecular weight excluding hydrogens is 315 g/mol. The maximum absolute atomic E-state index is 13.3. The highest BCUT2D eigenvalue weighted by Gasteiger charge is 2.58. The van der Waals surface area contributed by atoms with Gasteiger partial charge >= 0.3 is 0 Å². The number of nitrogens with one attached hydrogen (secondary N) is 1. The molecule has 4 aliphatic rings. The van der Waals surface area contributed by atoms with Crippen LogP contribution in [0.4, 0.5) is 4.39 Å². The van der Waals surface area contributed by atoms with Gasteiger partial charge in [0.25, 0.3) is 0 Å². The Bertz CT molecular complexity index is 385. The molecule has 3 nitrogen and oxygen atoms in total. The second-order valence-corrected chi connectivity index (χ2v) is 8.99. The molecule has 2 saturated heterocycles. The molecule has 25 heavy (non-hydrogen) atoms. The number of likely N-dealkylation sites (tertiary alicyclic amines) is 1. The Morgan fingerprint density at radius 1 is 1.16 bits per heavy atom. The van der Waals surface area contributed by atoms with Gasteiger partial charge in [-0.3, -0.25) is 4.90 Å². The van der Waals surface area contributed by atoms with E-state index in [1.165, 1.54) is 38.8 Å². The Morgan fingerprint density at radius 3 is 2.16 bits per heavy atom. The lowest BCUT2D eigenvalue weighted by atomic mass is 9.47. The predicted molar refractivity (Wildman–Crippen MR) is 104 cm³/mol. The fraction of sp³-hybridized carbons (Fsp3) is 1.00. The van der Waals surface area contributed by atoms with Gasteiger partial charge in [-0.1, -0.05) is 34.1 Å². The summed E-state index contributed by atoms with van der Waals surface area (Å²) in [6.45, 7) is 15.9. The third kappa shape index (κ3) is 5.64. The molecule has 2 saturated carbocycles. The Morgan fingerprint density at radius 2 is 1.80 bits per heavy atom. The van der Waals surface area contributed by atoms with Crippen LogP contribution in [0.3, 0.4) is 0 Å². The van der Waals surface area contributed by atoms with E-state index in [1.807, 2.05) is 0 Å². The molecule has 0 aromatic rings. The smallest absolute Gasteiger partial charge is 0.109 e. The SMILES string of the molecule is CCC.CCN1CC2CC1CO2.CCNCC1CC2(C1)CC(C)(F)C2. The first-order valence-electron chi connectivity index (χ1n) is 10.6. The summed E-state index contributed by atoms with van der Waals surface area (Å²) in [4.78, 5) is 2.51. The van der Waals surface area contributed by atoms with Gasteiger partial charge in [0.15, 0.2) is 0 Å². The topological polar surface area (TPSA) is 24.5 Å². The first-order chi connectivity index (χ1) is 11.9. The van der Waals surface area contributed by atoms with Crippen molar-refractivity contribution in [2.45, 2.75) is 91.0 Å². The van der Waals surface area contributed by atoms with Crippen LogP contribution in [0, 0.1) is 11.3 Å². The second kappa shape index (κ2) is 9.14. The summed E-state index contributed by atoms with van der Waals surface area (Å²) in [6, 6.07) is 0.764. The molecule has 148 valence electrons. The van der Waals surface area contributed by atoms with E-state index in [9.17, 15) is 4.39 Å². The van der Waals surface area contributed by atoms with Gasteiger partial charge in [-0.25, -0.2) is 4.39 Å². The van der Waals surface area contributed by atoms with Crippen molar-refractivity contribution in [3.63, 3.8) is 0 Å². The number of fused-ring (bicyclic) bond motifs is 2. The molecule has 4 heteroatoms. The van der Waals surface area contributed by atoms with Crippen LogP contribution >= 0.6 is 0 Å². The van der Waals surface area contributed by atoms with Crippen LogP contribution in [0.1, 0.15) is 73.1 Å². The number of rotatable bonds is 4. The number of likely N-dealkylation sites (N-methyl/N-ethyl adjacent to an activating group) is 1. The van der Waals surface area contributed by atoms with E-state index in [0.29, 0.717) is 11.5 Å². The number of hydrogen-bond acceptors (Lipinski definition) is 3. The molecule has 0 radical (unpaired) electrons. The molecule has 2 unspecified atom stereocenters. The van der Waals surface area contributed by atoms with E-state index in [1.54, 1.807) is 6.92 Å². The van der Waals surface area contributed by atoms with Crippen molar-refractivity contribution in [3.8, 4) is 0 Å². The third-order valence-corrected chi connectivity index (χ3v) is 6.03. The van der Waals surface area contributed by atoms with E-state index in [2.05, 4.69) is 37.9 Å². The van der Waals surface area contributed by atoms with Crippen LogP contribution < -0.4 is 5.32 Å². The molecule has 4 rings (SSSR count). The largest absolute Gasteiger partial charge is 0.375 e. The summed E-state index contributed by atoms with van der Waals surface area (Å²) in [5.41, 5.74) is -0.396. The van der Waals surface area contributed by atoms with E-state index in [-0.39, 0.29) is 0 Å². The maximum atomic E-state index is 13.3. The highest BCUT2D eigenvalue weighted by atomic mass is 19.1. The fourth-order valence-electron chi connectivity index (χ4n) is 5.32. The average Bonchev–Trinajstić information content (AvgIpc) is 3.12. The lowest BCUT2D eigenvalue weighted by Gasteiger charge is -2.59. The monoisotopic (exact) mass is 356 g/mol. The molecule has 2 aliphatic carbocycles. The normalized spacial score (nSPS) is 41.3. The molecule has 0 aromatic carbocycles. The number of morpholine rings is 1. The summed E-state index contributed by atoms with van der Waals surface area (Å²) in [5.74, 6) is 0.830. The van der Waals surface area contributed by atoms with Gasteiger partial charge in [0.2, 0.25) is 0 Å². The first kappa shape index (κ1) is 21.1. The maximum Gasteiger partial charge on any atom is 0.109 e. The highest BCUT2D eigenvalue weighted by Crippen LogP contribution is 2.63. The van der Waals surface area contributed by atoms with E-state index < -0.39 is 5.67 Å². The van der Waals surface area contributed by atoms with Crippen molar-refractivity contribution in [3.05, 3.63) is 0 Å². The van der Waals surface area contributed by atoms with Crippen molar-refractivity contribution in [1.82, 2.24) is 10.2 Å². The summed E-state index contributed by atoms with van der Waals surface area (Å²) >= 11 is 0. The van der Waals surface area contributed by atoms with Crippen LogP contribution in [0.25, 0.3) is 0 Å². The molecule has 0 aromatic heterocycles. The van der Waals surface area contributed by atoms with Gasteiger partial charge < -0.3 is 10.1 Å². The lowest BCUT2D eigenvalue weighted by molar-refractivity contribution is -0.129. The van der Waals surface area contributed by atoms with Crippen molar-refractivity contribution < 1.29 is 9.13 Å².